The molecule has 1 aliphatic heterocycles. The molecule has 1 N–H and O–H groups in total. The first kappa shape index (κ1) is 26.4. The molecule has 38 heavy (non-hydrogen) atoms. The Hall–Kier alpha value is -3.21. The highest BCUT2D eigenvalue weighted by Crippen LogP contribution is 2.42. The molecule has 0 bridgehead atoms. The molecule has 0 spiro atoms. The molecule has 1 aliphatic rings. The average Bonchev–Trinajstić information content (AvgIpc) is 3.43. The molecule has 5 nitrogen and oxygen atoms in total. The second-order valence-corrected chi connectivity index (χ2v) is 10.9. The van der Waals surface area contributed by atoms with Gasteiger partial charge in [-0.1, -0.05) is 29.8 Å². The number of amides is 1. The third-order valence-electron chi connectivity index (χ3n) is 5.97. The highest BCUT2D eigenvalue weighted by atomic mass is 35.5. The number of halogens is 4. The van der Waals surface area contributed by atoms with Gasteiger partial charge in [-0.25, -0.2) is 4.98 Å². The molecule has 2 aromatic heterocycles. The van der Waals surface area contributed by atoms with Crippen molar-refractivity contribution >= 4 is 40.6 Å². The van der Waals surface area contributed by atoms with Crippen LogP contribution in [0.15, 0.2) is 88.5 Å². The van der Waals surface area contributed by atoms with Crippen LogP contribution in [-0.4, -0.2) is 22.5 Å². The number of ether oxygens (including phenoxy) is 2. The van der Waals surface area contributed by atoms with E-state index >= 15 is 0 Å². The van der Waals surface area contributed by atoms with E-state index in [0.29, 0.717) is 23.6 Å². The van der Waals surface area contributed by atoms with E-state index in [1.165, 1.54) is 35.2 Å². The van der Waals surface area contributed by atoms with Crippen LogP contribution in [0.4, 0.5) is 13.2 Å². The number of carbonyl (C=O) groups excluding carboxylic acids is 1. The summed E-state index contributed by atoms with van der Waals surface area (Å²) in [6.45, 7) is 0. The van der Waals surface area contributed by atoms with Crippen LogP contribution in [0.3, 0.4) is 0 Å². The minimum atomic E-state index is -4.77. The Bertz CT molecular complexity index is 1420. The fraction of sp³-hybridized carbons (Fsp3) is 0.185. The lowest BCUT2D eigenvalue weighted by Crippen LogP contribution is -2.54. The van der Waals surface area contributed by atoms with Gasteiger partial charge in [-0.3, -0.25) is 4.79 Å². The van der Waals surface area contributed by atoms with Crippen molar-refractivity contribution in [2.24, 2.45) is 0 Å². The molecule has 1 saturated heterocycles. The van der Waals surface area contributed by atoms with Crippen molar-refractivity contribution in [3.05, 3.63) is 99.8 Å². The highest BCUT2D eigenvalue weighted by Gasteiger charge is 2.44. The van der Waals surface area contributed by atoms with Gasteiger partial charge in [0.15, 0.2) is 0 Å². The summed E-state index contributed by atoms with van der Waals surface area (Å²) in [6.07, 6.45) is -3.59. The zero-order valence-corrected chi connectivity index (χ0v) is 22.0. The lowest BCUT2D eigenvalue weighted by Gasteiger charge is -2.40. The molecule has 2 unspecified atom stereocenters. The summed E-state index contributed by atoms with van der Waals surface area (Å²) in [4.78, 5) is 18.9. The smallest absolute Gasteiger partial charge is 0.439 e. The van der Waals surface area contributed by atoms with E-state index in [0.717, 1.165) is 22.6 Å². The number of hydrogen-bond donors (Lipinski definition) is 1. The fourth-order valence-corrected chi connectivity index (χ4v) is 6.29. The summed E-state index contributed by atoms with van der Waals surface area (Å²) < 4.78 is 47.0. The zero-order valence-electron chi connectivity index (χ0n) is 19.6. The number of benzene rings is 2. The van der Waals surface area contributed by atoms with Crippen molar-refractivity contribution in [3.63, 3.8) is 0 Å². The summed E-state index contributed by atoms with van der Waals surface area (Å²) in [6, 6.07) is 19.7. The number of piperidine rings is 1. The molecule has 3 heterocycles. The maximum absolute atomic E-state index is 13.4. The van der Waals surface area contributed by atoms with Crippen LogP contribution in [0.5, 0.6) is 17.4 Å². The number of rotatable bonds is 7. The van der Waals surface area contributed by atoms with Crippen molar-refractivity contribution in [1.29, 1.82) is 0 Å². The summed E-state index contributed by atoms with van der Waals surface area (Å²) in [5, 5.41) is 7.43. The SMILES string of the molecule is O=C1NC(c2ccsc2)(c2cccc(Oc3ccc(OC(F)(F)F)cc3)n2)CCC1Sc1ccccc1Cl. The van der Waals surface area contributed by atoms with Crippen LogP contribution in [-0.2, 0) is 10.3 Å². The van der Waals surface area contributed by atoms with Gasteiger partial charge in [0, 0.05) is 11.0 Å². The van der Waals surface area contributed by atoms with Crippen LogP contribution in [0.25, 0.3) is 0 Å². The van der Waals surface area contributed by atoms with Crippen molar-refractivity contribution in [3.8, 4) is 17.4 Å². The third kappa shape index (κ3) is 5.92. The summed E-state index contributed by atoms with van der Waals surface area (Å²) in [5.74, 6) is 0.0545. The molecule has 11 heteroatoms. The van der Waals surface area contributed by atoms with Crippen LogP contribution in [0.2, 0.25) is 5.02 Å². The predicted molar refractivity (Wildman–Crippen MR) is 141 cm³/mol. The van der Waals surface area contributed by atoms with Crippen LogP contribution < -0.4 is 14.8 Å². The molecule has 2 atom stereocenters. The van der Waals surface area contributed by atoms with Gasteiger partial charge in [-0.05, 0) is 77.7 Å². The maximum Gasteiger partial charge on any atom is 0.573 e. The number of hydrogen-bond acceptors (Lipinski definition) is 6. The Kier molecular flexibility index (Phi) is 7.56. The highest BCUT2D eigenvalue weighted by molar-refractivity contribution is 8.00. The Morgan fingerprint density at radius 2 is 1.79 bits per heavy atom. The Balaban J connectivity index is 1.38. The molecule has 0 aliphatic carbocycles. The maximum atomic E-state index is 13.4. The summed E-state index contributed by atoms with van der Waals surface area (Å²) in [7, 11) is 0. The number of thiophene rings is 1. The molecule has 0 radical (unpaired) electrons. The molecule has 4 aromatic rings. The monoisotopic (exact) mass is 576 g/mol. The normalized spacial score (nSPS) is 19.6. The van der Waals surface area contributed by atoms with E-state index < -0.39 is 11.9 Å². The van der Waals surface area contributed by atoms with E-state index in [2.05, 4.69) is 15.0 Å². The molecule has 0 saturated carbocycles. The Labute approximate surface area is 230 Å². The van der Waals surface area contributed by atoms with Gasteiger partial charge in [0.05, 0.1) is 16.0 Å². The molecule has 1 fully saturated rings. The standard InChI is InChI=1S/C27H20ClF3N2O3S2/c28-20-4-1-2-5-21(20)38-22-12-14-26(33-25(22)34,17-13-15-37-16-17)23-6-3-7-24(32-23)35-18-8-10-19(11-9-18)36-27(29,30)31/h1-11,13,15-16,22H,12,14H2,(H,33,34). The van der Waals surface area contributed by atoms with E-state index in [9.17, 15) is 18.0 Å². The van der Waals surface area contributed by atoms with Crippen LogP contribution >= 0.6 is 34.7 Å². The van der Waals surface area contributed by atoms with Crippen molar-refractivity contribution in [1.82, 2.24) is 10.3 Å². The van der Waals surface area contributed by atoms with Gasteiger partial charge in [0.2, 0.25) is 11.8 Å². The summed E-state index contributed by atoms with van der Waals surface area (Å²) in [5.41, 5.74) is 0.647. The van der Waals surface area contributed by atoms with E-state index in [1.54, 1.807) is 18.2 Å². The van der Waals surface area contributed by atoms with E-state index in [4.69, 9.17) is 16.3 Å². The van der Waals surface area contributed by atoms with E-state index in [1.807, 2.05) is 41.1 Å². The number of carbonyl (C=O) groups is 1. The first-order valence-electron chi connectivity index (χ1n) is 11.5. The lowest BCUT2D eigenvalue weighted by molar-refractivity contribution is -0.274. The van der Waals surface area contributed by atoms with Crippen molar-refractivity contribution < 1.29 is 27.4 Å². The minimum Gasteiger partial charge on any atom is -0.439 e. The van der Waals surface area contributed by atoms with Gasteiger partial charge in [-0.2, -0.15) is 11.3 Å². The van der Waals surface area contributed by atoms with Gasteiger partial charge >= 0.3 is 6.36 Å². The second-order valence-electron chi connectivity index (χ2n) is 8.46. The van der Waals surface area contributed by atoms with Crippen molar-refractivity contribution in [2.45, 2.75) is 34.9 Å². The molecular weight excluding hydrogens is 557 g/mol. The Morgan fingerprint density at radius 3 is 2.47 bits per heavy atom. The summed E-state index contributed by atoms with van der Waals surface area (Å²) >= 11 is 9.27. The van der Waals surface area contributed by atoms with E-state index in [-0.39, 0.29) is 28.5 Å². The van der Waals surface area contributed by atoms with Crippen LogP contribution in [0, 0.1) is 0 Å². The molecule has 2 aromatic carbocycles. The van der Waals surface area contributed by atoms with Crippen LogP contribution in [0.1, 0.15) is 24.1 Å². The van der Waals surface area contributed by atoms with Gasteiger partial charge < -0.3 is 14.8 Å². The van der Waals surface area contributed by atoms with Crippen molar-refractivity contribution in [2.75, 3.05) is 0 Å². The lowest BCUT2D eigenvalue weighted by atomic mass is 9.80. The molecule has 1 amide bonds. The fourth-order valence-electron chi connectivity index (χ4n) is 4.24. The number of aromatic nitrogens is 1. The first-order chi connectivity index (χ1) is 18.2. The first-order valence-corrected chi connectivity index (χ1v) is 13.7. The predicted octanol–water partition coefficient (Wildman–Crippen LogP) is 7.80. The minimum absolute atomic E-state index is 0.124. The van der Waals surface area contributed by atoms with Gasteiger partial charge in [0.1, 0.15) is 17.0 Å². The van der Waals surface area contributed by atoms with Gasteiger partial charge in [-0.15, -0.1) is 24.9 Å². The zero-order chi connectivity index (χ0) is 26.8. The topological polar surface area (TPSA) is 60.5 Å². The molecular formula is C27H20ClF3N2O3S2. The quantitative estimate of drug-likeness (QED) is 0.243. The van der Waals surface area contributed by atoms with Gasteiger partial charge in [0.25, 0.3) is 0 Å². The number of alkyl halides is 3. The largest absolute Gasteiger partial charge is 0.573 e. The third-order valence-corrected chi connectivity index (χ3v) is 8.44. The molecule has 5 rings (SSSR count). The Morgan fingerprint density at radius 1 is 1.03 bits per heavy atom. The number of nitrogens with zero attached hydrogens (tertiary/aromatic N) is 1. The number of nitrogens with one attached hydrogen (secondary N) is 1. The number of thioether (sulfide) groups is 1. The molecule has 196 valence electrons. The average molecular weight is 577 g/mol. The second kappa shape index (κ2) is 10.9. The number of pyridine rings is 1.